The van der Waals surface area contributed by atoms with Gasteiger partial charge >= 0.3 is 5.97 Å². The minimum Gasteiger partial charge on any atom is -0.464 e. The molecule has 0 N–H and O–H groups in total. The summed E-state index contributed by atoms with van der Waals surface area (Å²) in [7, 11) is -2.36. The van der Waals surface area contributed by atoms with Crippen LogP contribution in [0.5, 0.6) is 0 Å². The molecule has 1 fully saturated rings. The molecule has 1 saturated heterocycles. The molecule has 170 valence electrons. The molecular formula is C27H27NO4S. The maximum absolute atomic E-state index is 14.4. The maximum Gasteiger partial charge on any atom is 0.334 e. The summed E-state index contributed by atoms with van der Waals surface area (Å²) in [4.78, 5) is 15.9. The number of likely N-dealkylation sites (tertiary alicyclic amines) is 1. The van der Waals surface area contributed by atoms with Crippen LogP contribution in [0.2, 0.25) is 0 Å². The minimum absolute atomic E-state index is 0.0781. The zero-order valence-electron chi connectivity index (χ0n) is 18.7. The first-order valence-electron chi connectivity index (χ1n) is 10.9. The second-order valence-electron chi connectivity index (χ2n) is 8.08. The molecule has 0 aliphatic carbocycles. The topological polar surface area (TPSA) is 63.7 Å². The van der Waals surface area contributed by atoms with Crippen LogP contribution in [-0.2, 0) is 19.4 Å². The molecule has 0 bridgehead atoms. The molecule has 3 aromatic carbocycles. The lowest BCUT2D eigenvalue weighted by atomic mass is 9.88. The van der Waals surface area contributed by atoms with E-state index in [0.717, 1.165) is 11.1 Å². The Hall–Kier alpha value is -3.22. The van der Waals surface area contributed by atoms with Crippen molar-refractivity contribution in [3.8, 4) is 0 Å². The lowest BCUT2D eigenvalue weighted by molar-refractivity contribution is -0.146. The Balaban J connectivity index is 2.07. The van der Waals surface area contributed by atoms with Gasteiger partial charge in [-0.2, -0.15) is 0 Å². The number of hydrogen-bond donors (Lipinski definition) is 0. The number of sulfone groups is 1. The number of carbonyl (C=O) groups is 1. The van der Waals surface area contributed by atoms with E-state index in [1.807, 2.05) is 78.7 Å². The van der Waals surface area contributed by atoms with Crippen LogP contribution in [0.4, 0.5) is 0 Å². The first-order valence-corrected chi connectivity index (χ1v) is 12.4. The molecule has 1 aliphatic heterocycles. The van der Waals surface area contributed by atoms with Gasteiger partial charge in [-0.15, -0.1) is 0 Å². The Kier molecular flexibility index (Phi) is 6.49. The molecular weight excluding hydrogens is 434 g/mol. The molecule has 0 spiro atoms. The number of hydrogen-bond acceptors (Lipinski definition) is 5. The van der Waals surface area contributed by atoms with Crippen molar-refractivity contribution in [3.63, 3.8) is 0 Å². The van der Waals surface area contributed by atoms with Gasteiger partial charge in [0.2, 0.25) is 14.6 Å². The van der Waals surface area contributed by atoms with Crippen LogP contribution in [0.3, 0.4) is 0 Å². The average Bonchev–Trinajstić information content (AvgIpc) is 3.13. The van der Waals surface area contributed by atoms with Gasteiger partial charge in [-0.25, -0.2) is 13.2 Å². The van der Waals surface area contributed by atoms with E-state index in [1.54, 1.807) is 25.1 Å². The van der Waals surface area contributed by atoms with Crippen LogP contribution in [0.15, 0.2) is 101 Å². The van der Waals surface area contributed by atoms with E-state index in [-0.39, 0.29) is 11.5 Å². The number of esters is 1. The monoisotopic (exact) mass is 461 g/mol. The van der Waals surface area contributed by atoms with Gasteiger partial charge in [-0.1, -0.05) is 84.9 Å². The summed E-state index contributed by atoms with van der Waals surface area (Å²) in [6, 6.07) is 26.2. The fraction of sp³-hybridized carbons (Fsp3) is 0.222. The summed E-state index contributed by atoms with van der Waals surface area (Å²) in [5.74, 6) is -0.755. The molecule has 0 amide bonds. The largest absolute Gasteiger partial charge is 0.464 e. The van der Waals surface area contributed by atoms with Crippen molar-refractivity contribution in [1.29, 1.82) is 0 Å². The van der Waals surface area contributed by atoms with Crippen molar-refractivity contribution < 1.29 is 17.9 Å². The third kappa shape index (κ3) is 3.90. The summed E-state index contributed by atoms with van der Waals surface area (Å²) in [5.41, 5.74) is 2.06. The zero-order valence-corrected chi connectivity index (χ0v) is 19.5. The van der Waals surface area contributed by atoms with Crippen LogP contribution >= 0.6 is 0 Å². The maximum atomic E-state index is 14.4. The molecule has 2 atom stereocenters. The lowest BCUT2D eigenvalue weighted by Crippen LogP contribution is -2.52. The normalized spacial score (nSPS) is 22.4. The third-order valence-corrected chi connectivity index (χ3v) is 8.43. The van der Waals surface area contributed by atoms with E-state index in [1.165, 1.54) is 12.1 Å². The number of rotatable bonds is 6. The third-order valence-electron chi connectivity index (χ3n) is 6.03. The molecule has 1 aliphatic rings. The fourth-order valence-electron chi connectivity index (χ4n) is 4.69. The molecule has 6 heteroatoms. The van der Waals surface area contributed by atoms with Crippen molar-refractivity contribution in [2.75, 3.05) is 20.2 Å². The van der Waals surface area contributed by atoms with Crippen LogP contribution in [-0.4, -0.2) is 44.2 Å². The highest BCUT2D eigenvalue weighted by atomic mass is 32.2. The van der Waals surface area contributed by atoms with Crippen molar-refractivity contribution in [2.45, 2.75) is 22.6 Å². The quantitative estimate of drug-likeness (QED) is 0.505. The highest BCUT2D eigenvalue weighted by Gasteiger charge is 2.65. The van der Waals surface area contributed by atoms with Crippen molar-refractivity contribution in [1.82, 2.24) is 4.90 Å². The molecule has 0 saturated carbocycles. The molecule has 3 aromatic rings. The zero-order chi connectivity index (χ0) is 23.5. The Bertz CT molecular complexity index is 1240. The summed E-state index contributed by atoms with van der Waals surface area (Å²) in [5, 5.41) is 0. The van der Waals surface area contributed by atoms with Gasteiger partial charge < -0.3 is 4.74 Å². The molecule has 5 nitrogen and oxygen atoms in total. The fourth-order valence-corrected chi connectivity index (χ4v) is 6.93. The van der Waals surface area contributed by atoms with E-state index in [9.17, 15) is 13.2 Å². The minimum atomic E-state index is -4.21. The predicted octanol–water partition coefficient (Wildman–Crippen LogP) is 4.53. The first-order chi connectivity index (χ1) is 15.9. The van der Waals surface area contributed by atoms with Crippen LogP contribution < -0.4 is 0 Å². The molecule has 4 rings (SSSR count). The van der Waals surface area contributed by atoms with Crippen LogP contribution in [0.25, 0.3) is 6.08 Å². The standard InChI is InChI=1S/C27H27NO4S/c1-3-32-26(29)27(33(30,31)24-17-11-6-12-18-24)23(19-21-13-7-4-8-14-21)20-28(2)25(27)22-15-9-5-10-16-22/h4-19,25H,3,20H2,1-2H3/b23-19-/t25-,27+/m1/s1. The van der Waals surface area contributed by atoms with Crippen LogP contribution in [0, 0.1) is 0 Å². The second-order valence-corrected chi connectivity index (χ2v) is 10.2. The molecule has 33 heavy (non-hydrogen) atoms. The van der Waals surface area contributed by atoms with Crippen molar-refractivity contribution >= 4 is 21.9 Å². The van der Waals surface area contributed by atoms with E-state index < -0.39 is 26.6 Å². The lowest BCUT2D eigenvalue weighted by Gasteiger charge is -2.35. The van der Waals surface area contributed by atoms with E-state index in [2.05, 4.69) is 0 Å². The number of likely N-dealkylation sites (N-methyl/N-ethyl adjacent to an activating group) is 1. The van der Waals surface area contributed by atoms with E-state index in [0.29, 0.717) is 12.1 Å². The van der Waals surface area contributed by atoms with Crippen molar-refractivity contribution in [2.24, 2.45) is 0 Å². The second kappa shape index (κ2) is 9.33. The van der Waals surface area contributed by atoms with Crippen molar-refractivity contribution in [3.05, 3.63) is 108 Å². The van der Waals surface area contributed by atoms with E-state index >= 15 is 0 Å². The Morgan fingerprint density at radius 2 is 1.52 bits per heavy atom. The van der Waals surface area contributed by atoms with Gasteiger partial charge in [-0.3, -0.25) is 4.90 Å². The number of ether oxygens (including phenoxy) is 1. The molecule has 0 radical (unpaired) electrons. The van der Waals surface area contributed by atoms with Gasteiger partial charge in [0.15, 0.2) is 0 Å². The molecule has 0 aromatic heterocycles. The van der Waals surface area contributed by atoms with Gasteiger partial charge in [0, 0.05) is 6.54 Å². The summed E-state index contributed by atoms with van der Waals surface area (Å²) >= 11 is 0. The Labute approximate surface area is 195 Å². The van der Waals surface area contributed by atoms with E-state index in [4.69, 9.17) is 4.74 Å². The number of benzene rings is 3. The Morgan fingerprint density at radius 3 is 2.09 bits per heavy atom. The van der Waals surface area contributed by atoms with Gasteiger partial charge in [0.05, 0.1) is 17.5 Å². The molecule has 1 heterocycles. The SMILES string of the molecule is CCOC(=O)[C@]1(S(=O)(=O)c2ccccc2)/C(=C\c2ccccc2)CN(C)[C@@H]1c1ccccc1. The number of carbonyl (C=O) groups excluding carboxylic acids is 1. The predicted molar refractivity (Wildman–Crippen MR) is 129 cm³/mol. The smallest absolute Gasteiger partial charge is 0.334 e. The highest BCUT2D eigenvalue weighted by molar-refractivity contribution is 7.94. The van der Waals surface area contributed by atoms with Crippen LogP contribution in [0.1, 0.15) is 24.1 Å². The highest BCUT2D eigenvalue weighted by Crippen LogP contribution is 2.51. The first kappa shape index (κ1) is 23.0. The summed E-state index contributed by atoms with van der Waals surface area (Å²) in [6.07, 6.45) is 1.82. The summed E-state index contributed by atoms with van der Waals surface area (Å²) in [6.45, 7) is 2.07. The molecule has 0 unspecified atom stereocenters. The Morgan fingerprint density at radius 1 is 0.970 bits per heavy atom. The van der Waals surface area contributed by atoms with Gasteiger partial charge in [0.1, 0.15) is 0 Å². The van der Waals surface area contributed by atoms with Gasteiger partial charge in [0.25, 0.3) is 0 Å². The number of nitrogens with zero attached hydrogens (tertiary/aromatic N) is 1. The summed E-state index contributed by atoms with van der Waals surface area (Å²) < 4.78 is 32.5. The van der Waals surface area contributed by atoms with Gasteiger partial charge in [-0.05, 0) is 42.8 Å². The average molecular weight is 462 g/mol.